The first-order chi connectivity index (χ1) is 15.8. The van der Waals surface area contributed by atoms with Gasteiger partial charge in [-0.25, -0.2) is 0 Å². The van der Waals surface area contributed by atoms with Gasteiger partial charge in [-0.15, -0.1) is 0 Å². The van der Waals surface area contributed by atoms with E-state index in [0.29, 0.717) is 18.8 Å². The summed E-state index contributed by atoms with van der Waals surface area (Å²) < 4.78 is 9.87. The molecule has 0 amide bonds. The second-order valence-electron chi connectivity index (χ2n) is 10.0. The molecule has 0 saturated heterocycles. The smallest absolute Gasteiger partial charge is 0.203 e. The zero-order chi connectivity index (χ0) is 23.6. The highest BCUT2D eigenvalue weighted by Gasteiger charge is 2.20. The van der Waals surface area contributed by atoms with Gasteiger partial charge in [0, 0.05) is 7.11 Å². The Balaban J connectivity index is 1.74. The maximum atomic E-state index is 9.14. The van der Waals surface area contributed by atoms with Crippen LogP contribution in [0.2, 0.25) is 0 Å². The summed E-state index contributed by atoms with van der Waals surface area (Å²) in [7, 11) is 1.74. The van der Waals surface area contributed by atoms with Crippen LogP contribution >= 0.6 is 0 Å². The molecule has 4 rings (SSSR count). The van der Waals surface area contributed by atoms with Crippen molar-refractivity contribution in [1.82, 2.24) is 9.13 Å². The number of aromatic nitrogens is 2. The molecule has 0 aliphatic heterocycles. The Labute approximate surface area is 197 Å². The Morgan fingerprint density at radius 3 is 2.06 bits per heavy atom. The Hall–Kier alpha value is -3.11. The summed E-state index contributed by atoms with van der Waals surface area (Å²) in [4.78, 5) is 0. The van der Waals surface area contributed by atoms with Gasteiger partial charge in [0.1, 0.15) is 0 Å². The topological polar surface area (TPSA) is 42.9 Å². The van der Waals surface area contributed by atoms with Gasteiger partial charge in [0.05, 0.1) is 30.2 Å². The molecule has 172 valence electrons. The van der Waals surface area contributed by atoms with Crippen molar-refractivity contribution in [3.05, 3.63) is 101 Å². The fraction of sp³-hybridized carbons (Fsp3) is 0.345. The molecule has 3 aromatic carbocycles. The summed E-state index contributed by atoms with van der Waals surface area (Å²) in [6.45, 7) is 10.0. The van der Waals surface area contributed by atoms with E-state index in [1.165, 1.54) is 22.3 Å². The van der Waals surface area contributed by atoms with Crippen LogP contribution < -0.4 is 5.62 Å². The first kappa shape index (κ1) is 23.1. The maximum Gasteiger partial charge on any atom is 0.203 e. The van der Waals surface area contributed by atoms with E-state index < -0.39 is 0 Å². The third kappa shape index (κ3) is 4.96. The van der Waals surface area contributed by atoms with Crippen LogP contribution in [0.25, 0.3) is 11.0 Å². The van der Waals surface area contributed by atoms with Crippen LogP contribution in [0.15, 0.2) is 72.8 Å². The van der Waals surface area contributed by atoms with E-state index in [1.54, 1.807) is 7.11 Å². The standard InChI is InChI=1S/C29H35N3O/c1-21-10-12-22(13-11-21)18-25(20-33-5)32-27-9-7-6-8-26(27)31(28(32)30)19-23-14-16-24(17-15-23)29(2,3)4/h6-17,25,30H,18-20H2,1-5H3/t25-/m0/s1. The van der Waals surface area contributed by atoms with E-state index in [-0.39, 0.29) is 11.5 Å². The number of benzene rings is 3. The number of hydrogen-bond acceptors (Lipinski definition) is 2. The summed E-state index contributed by atoms with van der Waals surface area (Å²) in [5.41, 5.74) is 7.81. The number of nitrogens with zero attached hydrogens (tertiary/aromatic N) is 2. The largest absolute Gasteiger partial charge is 0.383 e. The normalized spacial score (nSPS) is 12.9. The van der Waals surface area contributed by atoms with Crippen molar-refractivity contribution in [1.29, 1.82) is 5.41 Å². The molecular formula is C29H35N3O. The van der Waals surface area contributed by atoms with Gasteiger partial charge in [-0.1, -0.05) is 87.0 Å². The molecule has 0 unspecified atom stereocenters. The number of rotatable bonds is 7. The molecular weight excluding hydrogens is 406 g/mol. The van der Waals surface area contributed by atoms with Crippen molar-refractivity contribution in [3.8, 4) is 0 Å². The summed E-state index contributed by atoms with van der Waals surface area (Å²) in [5.74, 6) is 0. The summed E-state index contributed by atoms with van der Waals surface area (Å²) in [6, 6.07) is 25.8. The Bertz CT molecular complexity index is 1270. The van der Waals surface area contributed by atoms with Crippen LogP contribution in [-0.2, 0) is 23.1 Å². The molecule has 1 aromatic heterocycles. The van der Waals surface area contributed by atoms with Crippen molar-refractivity contribution in [2.75, 3.05) is 13.7 Å². The molecule has 4 heteroatoms. The first-order valence-corrected chi connectivity index (χ1v) is 11.7. The van der Waals surface area contributed by atoms with Crippen molar-refractivity contribution in [2.24, 2.45) is 0 Å². The third-order valence-electron chi connectivity index (χ3n) is 6.39. The molecule has 4 aromatic rings. The lowest BCUT2D eigenvalue weighted by Gasteiger charge is -2.20. The highest BCUT2D eigenvalue weighted by Crippen LogP contribution is 2.24. The maximum absolute atomic E-state index is 9.14. The molecule has 0 saturated carbocycles. The van der Waals surface area contributed by atoms with Crippen molar-refractivity contribution < 1.29 is 4.74 Å². The van der Waals surface area contributed by atoms with Crippen molar-refractivity contribution in [2.45, 2.75) is 52.1 Å². The van der Waals surface area contributed by atoms with Gasteiger partial charge in [-0.2, -0.15) is 0 Å². The molecule has 33 heavy (non-hydrogen) atoms. The minimum absolute atomic E-state index is 0.0413. The monoisotopic (exact) mass is 441 g/mol. The van der Waals surface area contributed by atoms with Crippen LogP contribution in [0.1, 0.15) is 49.1 Å². The van der Waals surface area contributed by atoms with Crippen molar-refractivity contribution in [3.63, 3.8) is 0 Å². The number of aryl methyl sites for hydroxylation is 1. The Morgan fingerprint density at radius 2 is 1.45 bits per heavy atom. The van der Waals surface area contributed by atoms with Crippen LogP contribution in [0.4, 0.5) is 0 Å². The van der Waals surface area contributed by atoms with E-state index in [2.05, 4.69) is 110 Å². The number of para-hydroxylation sites is 2. The van der Waals surface area contributed by atoms with E-state index in [1.807, 2.05) is 0 Å². The fourth-order valence-electron chi connectivity index (χ4n) is 4.49. The predicted molar refractivity (Wildman–Crippen MR) is 136 cm³/mol. The lowest BCUT2D eigenvalue weighted by atomic mass is 9.87. The van der Waals surface area contributed by atoms with Crippen molar-refractivity contribution >= 4 is 11.0 Å². The van der Waals surface area contributed by atoms with E-state index in [0.717, 1.165) is 17.5 Å². The molecule has 0 radical (unpaired) electrons. The number of fused-ring (bicyclic) bond motifs is 1. The van der Waals surface area contributed by atoms with Crippen LogP contribution in [0, 0.1) is 12.3 Å². The SMILES string of the molecule is COC[C@H](Cc1ccc(C)cc1)n1c(=N)n(Cc2ccc(C(C)(C)C)cc2)c2ccccc21. The predicted octanol–water partition coefficient (Wildman–Crippen LogP) is 6.01. The van der Waals surface area contributed by atoms with Gasteiger partial charge in [0.25, 0.3) is 0 Å². The van der Waals surface area contributed by atoms with E-state index >= 15 is 0 Å². The fourth-order valence-corrected chi connectivity index (χ4v) is 4.49. The van der Waals surface area contributed by atoms with Gasteiger partial charge in [-0.05, 0) is 47.6 Å². The second kappa shape index (κ2) is 9.40. The van der Waals surface area contributed by atoms with Gasteiger partial charge in [0.15, 0.2) is 0 Å². The lowest BCUT2D eigenvalue weighted by Crippen LogP contribution is -2.31. The second-order valence-corrected chi connectivity index (χ2v) is 10.0. The highest BCUT2D eigenvalue weighted by molar-refractivity contribution is 5.76. The van der Waals surface area contributed by atoms with Crippen LogP contribution in [-0.4, -0.2) is 22.9 Å². The molecule has 0 aliphatic rings. The zero-order valence-electron chi connectivity index (χ0n) is 20.4. The average molecular weight is 442 g/mol. The summed E-state index contributed by atoms with van der Waals surface area (Å²) >= 11 is 0. The van der Waals surface area contributed by atoms with Crippen LogP contribution in [0.3, 0.4) is 0 Å². The molecule has 1 N–H and O–H groups in total. The number of imidazole rings is 1. The third-order valence-corrected chi connectivity index (χ3v) is 6.39. The van der Waals surface area contributed by atoms with Crippen LogP contribution in [0.5, 0.6) is 0 Å². The number of nitrogens with one attached hydrogen (secondary N) is 1. The van der Waals surface area contributed by atoms with E-state index in [9.17, 15) is 0 Å². The molecule has 1 heterocycles. The van der Waals surface area contributed by atoms with Gasteiger partial charge < -0.3 is 13.9 Å². The van der Waals surface area contributed by atoms with E-state index in [4.69, 9.17) is 10.1 Å². The summed E-state index contributed by atoms with van der Waals surface area (Å²) in [6.07, 6.45) is 0.818. The van der Waals surface area contributed by atoms with Gasteiger partial charge >= 0.3 is 0 Å². The number of ether oxygens (including phenoxy) is 1. The molecule has 0 fully saturated rings. The minimum Gasteiger partial charge on any atom is -0.383 e. The Kier molecular flexibility index (Phi) is 6.57. The molecule has 0 bridgehead atoms. The zero-order valence-corrected chi connectivity index (χ0v) is 20.4. The Morgan fingerprint density at radius 1 is 0.848 bits per heavy atom. The summed E-state index contributed by atoms with van der Waals surface area (Å²) in [5, 5.41) is 9.14. The number of methoxy groups -OCH3 is 1. The minimum atomic E-state index is 0.0413. The quantitative estimate of drug-likeness (QED) is 0.375. The molecule has 0 aliphatic carbocycles. The highest BCUT2D eigenvalue weighted by atomic mass is 16.5. The molecule has 0 spiro atoms. The average Bonchev–Trinajstić information content (AvgIpc) is 3.06. The van der Waals surface area contributed by atoms with Gasteiger partial charge in [0.2, 0.25) is 5.62 Å². The lowest BCUT2D eigenvalue weighted by molar-refractivity contribution is 0.154. The molecule has 1 atom stereocenters. The van der Waals surface area contributed by atoms with Gasteiger partial charge in [-0.3, -0.25) is 5.41 Å². The number of hydrogen-bond donors (Lipinski definition) is 1. The molecule has 4 nitrogen and oxygen atoms in total. The first-order valence-electron chi connectivity index (χ1n) is 11.7.